The molecule has 66 valence electrons. The molecule has 2 aromatic rings. The summed E-state index contributed by atoms with van der Waals surface area (Å²) < 4.78 is 1.71. The summed E-state index contributed by atoms with van der Waals surface area (Å²) in [6.45, 7) is 0. The van der Waals surface area contributed by atoms with E-state index in [1.165, 1.54) is 0 Å². The molecule has 1 aromatic heterocycles. The molecule has 0 unspecified atom stereocenters. The number of aromatic nitrogens is 2. The van der Waals surface area contributed by atoms with Crippen LogP contribution >= 0.6 is 23.2 Å². The minimum Gasteiger partial charge on any atom is -0.241 e. The molecule has 0 aliphatic carbocycles. The van der Waals surface area contributed by atoms with Gasteiger partial charge < -0.3 is 0 Å². The maximum Gasteiger partial charge on any atom is 0.0675 e. The van der Waals surface area contributed by atoms with Gasteiger partial charge >= 0.3 is 0 Å². The first-order chi connectivity index (χ1) is 6.25. The summed E-state index contributed by atoms with van der Waals surface area (Å²) in [7, 11) is 0. The summed E-state index contributed by atoms with van der Waals surface area (Å²) in [5.74, 6) is 0. The molecule has 0 spiro atoms. The molecule has 1 aromatic carbocycles. The zero-order valence-corrected chi connectivity index (χ0v) is 8.13. The third-order valence-electron chi connectivity index (χ3n) is 1.62. The van der Waals surface area contributed by atoms with E-state index in [-0.39, 0.29) is 0 Å². The fraction of sp³-hybridized carbons (Fsp3) is 0. The lowest BCUT2D eigenvalue weighted by Crippen LogP contribution is -1.93. The topological polar surface area (TPSA) is 17.8 Å². The van der Waals surface area contributed by atoms with Crippen LogP contribution in [-0.4, -0.2) is 9.78 Å². The van der Waals surface area contributed by atoms with Crippen molar-refractivity contribution < 1.29 is 0 Å². The van der Waals surface area contributed by atoms with Crippen molar-refractivity contribution in [2.75, 3.05) is 0 Å². The SMILES string of the molecule is Clc1cc(Cl)cc(-n2cccn2)c1. The predicted molar refractivity (Wildman–Crippen MR) is 53.6 cm³/mol. The summed E-state index contributed by atoms with van der Waals surface area (Å²) in [5.41, 5.74) is 0.863. The zero-order valence-electron chi connectivity index (χ0n) is 6.61. The highest BCUT2D eigenvalue weighted by Gasteiger charge is 1.99. The van der Waals surface area contributed by atoms with Crippen molar-refractivity contribution >= 4 is 23.2 Å². The van der Waals surface area contributed by atoms with E-state index < -0.39 is 0 Å². The second-order valence-corrected chi connectivity index (χ2v) is 3.45. The molecule has 0 atom stereocenters. The lowest BCUT2D eigenvalue weighted by molar-refractivity contribution is 0.881. The Morgan fingerprint density at radius 2 is 1.77 bits per heavy atom. The van der Waals surface area contributed by atoms with E-state index >= 15 is 0 Å². The van der Waals surface area contributed by atoms with Crippen molar-refractivity contribution in [3.05, 3.63) is 46.7 Å². The molecule has 2 rings (SSSR count). The normalized spacial score (nSPS) is 10.3. The minimum atomic E-state index is 0.609. The second-order valence-electron chi connectivity index (χ2n) is 2.58. The first-order valence-corrected chi connectivity index (χ1v) is 4.47. The number of benzene rings is 1. The van der Waals surface area contributed by atoms with E-state index in [9.17, 15) is 0 Å². The maximum atomic E-state index is 5.84. The van der Waals surface area contributed by atoms with Crippen LogP contribution in [0.3, 0.4) is 0 Å². The predicted octanol–water partition coefficient (Wildman–Crippen LogP) is 3.18. The van der Waals surface area contributed by atoms with E-state index in [0.717, 1.165) is 5.69 Å². The van der Waals surface area contributed by atoms with E-state index in [4.69, 9.17) is 23.2 Å². The maximum absolute atomic E-state index is 5.84. The van der Waals surface area contributed by atoms with Gasteiger partial charge in [0.2, 0.25) is 0 Å². The summed E-state index contributed by atoms with van der Waals surface area (Å²) in [6.07, 6.45) is 3.54. The van der Waals surface area contributed by atoms with E-state index in [1.54, 1.807) is 29.1 Å². The molecule has 1 heterocycles. The molecule has 0 radical (unpaired) electrons. The average Bonchev–Trinajstić information content (AvgIpc) is 2.53. The second kappa shape index (κ2) is 3.40. The van der Waals surface area contributed by atoms with Crippen LogP contribution in [0.4, 0.5) is 0 Å². The minimum absolute atomic E-state index is 0.609. The molecular weight excluding hydrogens is 207 g/mol. The molecule has 0 fully saturated rings. The Morgan fingerprint density at radius 1 is 1.08 bits per heavy atom. The molecule has 0 aliphatic rings. The molecule has 0 saturated carbocycles. The number of hydrogen-bond acceptors (Lipinski definition) is 1. The Morgan fingerprint density at radius 3 is 2.31 bits per heavy atom. The Bertz CT molecular complexity index is 389. The van der Waals surface area contributed by atoms with Crippen LogP contribution in [0.1, 0.15) is 0 Å². The number of rotatable bonds is 1. The van der Waals surface area contributed by atoms with Gasteiger partial charge in [0.1, 0.15) is 0 Å². The molecule has 13 heavy (non-hydrogen) atoms. The standard InChI is InChI=1S/C9H6Cl2N2/c10-7-4-8(11)6-9(5-7)13-3-1-2-12-13/h1-6H. The van der Waals surface area contributed by atoms with Gasteiger partial charge in [0.05, 0.1) is 5.69 Å². The van der Waals surface area contributed by atoms with E-state index in [2.05, 4.69) is 5.10 Å². The highest BCUT2D eigenvalue weighted by atomic mass is 35.5. The van der Waals surface area contributed by atoms with Gasteiger partial charge in [-0.15, -0.1) is 0 Å². The van der Waals surface area contributed by atoms with Crippen LogP contribution in [0, 0.1) is 0 Å². The molecule has 0 aliphatic heterocycles. The smallest absolute Gasteiger partial charge is 0.0675 e. The molecule has 0 N–H and O–H groups in total. The molecule has 0 bridgehead atoms. The van der Waals surface area contributed by atoms with Crippen molar-refractivity contribution in [3.63, 3.8) is 0 Å². The highest BCUT2D eigenvalue weighted by Crippen LogP contribution is 2.20. The first kappa shape index (κ1) is 8.60. The Hall–Kier alpha value is -0.990. The number of hydrogen-bond donors (Lipinski definition) is 0. The summed E-state index contributed by atoms with van der Waals surface area (Å²) >= 11 is 11.7. The van der Waals surface area contributed by atoms with Gasteiger partial charge in [0.15, 0.2) is 0 Å². The van der Waals surface area contributed by atoms with Crippen molar-refractivity contribution in [3.8, 4) is 5.69 Å². The van der Waals surface area contributed by atoms with E-state index in [1.807, 2.05) is 12.3 Å². The summed E-state index contributed by atoms with van der Waals surface area (Å²) in [4.78, 5) is 0. The van der Waals surface area contributed by atoms with Crippen molar-refractivity contribution in [2.45, 2.75) is 0 Å². The fourth-order valence-corrected chi connectivity index (χ4v) is 1.61. The third kappa shape index (κ3) is 1.85. The molecule has 2 nitrogen and oxygen atoms in total. The molecule has 0 saturated heterocycles. The quantitative estimate of drug-likeness (QED) is 0.711. The van der Waals surface area contributed by atoms with Crippen molar-refractivity contribution in [1.29, 1.82) is 0 Å². The lowest BCUT2D eigenvalue weighted by atomic mass is 10.3. The molecular formula is C9H6Cl2N2. The van der Waals surface area contributed by atoms with Crippen LogP contribution < -0.4 is 0 Å². The largest absolute Gasteiger partial charge is 0.241 e. The van der Waals surface area contributed by atoms with Gasteiger partial charge in [0, 0.05) is 22.4 Å². The van der Waals surface area contributed by atoms with Crippen molar-refractivity contribution in [2.24, 2.45) is 0 Å². The Labute approximate surface area is 85.7 Å². The number of nitrogens with zero attached hydrogens (tertiary/aromatic N) is 2. The third-order valence-corrected chi connectivity index (χ3v) is 2.05. The van der Waals surface area contributed by atoms with Gasteiger partial charge in [-0.3, -0.25) is 0 Å². The first-order valence-electron chi connectivity index (χ1n) is 3.72. The Kier molecular flexibility index (Phi) is 2.25. The van der Waals surface area contributed by atoms with Crippen LogP contribution in [0.5, 0.6) is 0 Å². The van der Waals surface area contributed by atoms with Crippen LogP contribution in [0.15, 0.2) is 36.7 Å². The van der Waals surface area contributed by atoms with Gasteiger partial charge in [-0.2, -0.15) is 5.10 Å². The lowest BCUT2D eigenvalue weighted by Gasteiger charge is -2.02. The van der Waals surface area contributed by atoms with Crippen LogP contribution in [0.25, 0.3) is 5.69 Å². The van der Waals surface area contributed by atoms with Gasteiger partial charge in [-0.05, 0) is 24.3 Å². The molecule has 4 heteroatoms. The Balaban J connectivity index is 2.53. The van der Waals surface area contributed by atoms with Gasteiger partial charge in [-0.1, -0.05) is 23.2 Å². The van der Waals surface area contributed by atoms with Crippen molar-refractivity contribution in [1.82, 2.24) is 9.78 Å². The fourth-order valence-electron chi connectivity index (χ4n) is 1.09. The van der Waals surface area contributed by atoms with Crippen LogP contribution in [0.2, 0.25) is 10.0 Å². The summed E-state index contributed by atoms with van der Waals surface area (Å²) in [5, 5.41) is 5.29. The average molecular weight is 213 g/mol. The van der Waals surface area contributed by atoms with Gasteiger partial charge in [0.25, 0.3) is 0 Å². The number of halogens is 2. The van der Waals surface area contributed by atoms with Crippen LogP contribution in [-0.2, 0) is 0 Å². The van der Waals surface area contributed by atoms with Gasteiger partial charge in [-0.25, -0.2) is 4.68 Å². The van der Waals surface area contributed by atoms with E-state index in [0.29, 0.717) is 10.0 Å². The highest BCUT2D eigenvalue weighted by molar-refractivity contribution is 6.34. The summed E-state index contributed by atoms with van der Waals surface area (Å²) in [6, 6.07) is 7.14. The zero-order chi connectivity index (χ0) is 9.26. The monoisotopic (exact) mass is 212 g/mol. The molecule has 0 amide bonds.